The Hall–Kier alpha value is -2.51. The number of nitrogens with zero attached hydrogens (tertiary/aromatic N) is 6. The number of rotatable bonds is 4. The Balaban J connectivity index is 2.34. The molecule has 0 spiro atoms. The molecule has 15 heteroatoms. The predicted octanol–water partition coefficient (Wildman–Crippen LogP) is 0.433. The van der Waals surface area contributed by atoms with E-state index < -0.39 is 26.9 Å². The van der Waals surface area contributed by atoms with Gasteiger partial charge in [-0.2, -0.15) is 20.1 Å². The summed E-state index contributed by atoms with van der Waals surface area (Å²) < 4.78 is 28.2. The first-order valence-corrected chi connectivity index (χ1v) is 9.32. The minimum Gasteiger partial charge on any atom is -0.343 e. The molecule has 0 bridgehead atoms. The van der Waals surface area contributed by atoms with Crippen LogP contribution < -0.4 is 10.0 Å². The Morgan fingerprint density at radius 3 is 2.19 bits per heavy atom. The maximum absolute atomic E-state index is 12.6. The maximum Gasteiger partial charge on any atom is 0.335 e. The van der Waals surface area contributed by atoms with Gasteiger partial charge in [0.25, 0.3) is 15.9 Å². The number of sulfonamides is 1. The zero-order chi connectivity index (χ0) is 20.5. The molecule has 0 radical (unpaired) electrons. The van der Waals surface area contributed by atoms with Gasteiger partial charge in [-0.05, 0) is 30.1 Å². The smallest absolute Gasteiger partial charge is 0.335 e. The number of carbonyl (C=O) groups excluding carboxylic acids is 2. The van der Waals surface area contributed by atoms with E-state index in [-0.39, 0.29) is 27.9 Å². The average Bonchev–Trinajstić information content (AvgIpc) is 2.79. The van der Waals surface area contributed by atoms with Crippen molar-refractivity contribution in [2.45, 2.75) is 11.8 Å². The highest BCUT2D eigenvalue weighted by Crippen LogP contribution is 2.20. The molecule has 2 aromatic rings. The first kappa shape index (κ1) is 20.8. The zero-order valence-electron chi connectivity index (χ0n) is 14.5. The summed E-state index contributed by atoms with van der Waals surface area (Å²) in [5, 5.41) is 5.42. The molecule has 12 nitrogen and oxygen atoms in total. The Bertz CT molecular complexity index is 1000. The normalized spacial score (nSPS) is 11.2. The second-order valence-corrected chi connectivity index (χ2v) is 7.64. The average molecular weight is 437 g/mol. The van der Waals surface area contributed by atoms with Gasteiger partial charge in [0, 0.05) is 21.1 Å². The van der Waals surface area contributed by atoms with Crippen LogP contribution in [0.3, 0.4) is 0 Å². The molecule has 2 aromatic heterocycles. The number of carbonyl (C=O) groups is 2. The van der Waals surface area contributed by atoms with E-state index in [0.717, 1.165) is 4.68 Å². The molecule has 0 aromatic carbocycles. The van der Waals surface area contributed by atoms with Crippen LogP contribution in [0.5, 0.6) is 0 Å². The molecule has 0 saturated carbocycles. The summed E-state index contributed by atoms with van der Waals surface area (Å²) in [6, 6.07) is -1.19. The monoisotopic (exact) mass is 436 g/mol. The molecular formula is C12H14Cl2N8O4S. The lowest BCUT2D eigenvalue weighted by atomic mass is 10.3. The summed E-state index contributed by atoms with van der Waals surface area (Å²) in [7, 11) is -0.127. The molecule has 0 saturated heterocycles. The van der Waals surface area contributed by atoms with Crippen molar-refractivity contribution in [3.05, 3.63) is 22.0 Å². The predicted molar refractivity (Wildman–Crippen MR) is 95.1 cm³/mol. The van der Waals surface area contributed by atoms with Crippen LogP contribution in [-0.4, -0.2) is 64.1 Å². The first-order chi connectivity index (χ1) is 12.4. The number of amides is 3. The maximum atomic E-state index is 12.6. The fourth-order valence-corrected chi connectivity index (χ4v) is 3.75. The van der Waals surface area contributed by atoms with Gasteiger partial charge in [-0.15, -0.1) is 0 Å². The van der Waals surface area contributed by atoms with Gasteiger partial charge >= 0.3 is 6.03 Å². The molecule has 2 N–H and O–H groups in total. The van der Waals surface area contributed by atoms with Gasteiger partial charge in [-0.1, -0.05) is 0 Å². The molecule has 146 valence electrons. The molecule has 0 atom stereocenters. The Morgan fingerprint density at radius 2 is 1.67 bits per heavy atom. The Kier molecular flexibility index (Phi) is 5.87. The number of aromatic nitrogens is 5. The molecule has 2 heterocycles. The van der Waals surface area contributed by atoms with Gasteiger partial charge in [-0.3, -0.25) is 14.8 Å². The van der Waals surface area contributed by atoms with E-state index in [4.69, 9.17) is 23.2 Å². The van der Waals surface area contributed by atoms with E-state index in [9.17, 15) is 18.0 Å². The third kappa shape index (κ3) is 4.61. The van der Waals surface area contributed by atoms with Crippen molar-refractivity contribution in [3.8, 4) is 0 Å². The minimum absolute atomic E-state index is 0.0363. The molecule has 0 unspecified atom stereocenters. The molecule has 2 rings (SSSR count). The van der Waals surface area contributed by atoms with Crippen molar-refractivity contribution < 1.29 is 18.0 Å². The van der Waals surface area contributed by atoms with Crippen LogP contribution in [0.2, 0.25) is 10.6 Å². The lowest BCUT2D eigenvalue weighted by Crippen LogP contribution is -2.36. The Labute approximate surface area is 163 Å². The quantitative estimate of drug-likeness (QED) is 0.699. The van der Waals surface area contributed by atoms with Crippen molar-refractivity contribution in [1.29, 1.82) is 0 Å². The van der Waals surface area contributed by atoms with Crippen LogP contribution in [0.25, 0.3) is 0 Å². The van der Waals surface area contributed by atoms with Crippen LogP contribution in [0.15, 0.2) is 4.90 Å². The van der Waals surface area contributed by atoms with Gasteiger partial charge in [0.15, 0.2) is 0 Å². The van der Waals surface area contributed by atoms with Crippen LogP contribution in [-0.2, 0) is 17.1 Å². The lowest BCUT2D eigenvalue weighted by Gasteiger charge is -2.13. The van der Waals surface area contributed by atoms with E-state index in [0.29, 0.717) is 0 Å². The Morgan fingerprint density at radius 1 is 1.11 bits per heavy atom. The number of hydrogen-bond acceptors (Lipinski definition) is 8. The summed E-state index contributed by atoms with van der Waals surface area (Å²) in [5.41, 5.74) is -0.168. The SMILES string of the molecule is Cc1nn(C)c(C(=O)N(C)C)c1S(=O)(=O)NC(=O)Nc1nc(Cl)nc(Cl)n1. The fraction of sp³-hybridized carbons (Fsp3) is 0.333. The van der Waals surface area contributed by atoms with Crippen LogP contribution in [0.4, 0.5) is 10.7 Å². The third-order valence-corrected chi connectivity index (χ3v) is 4.90. The molecule has 0 aliphatic heterocycles. The van der Waals surface area contributed by atoms with Crippen LogP contribution >= 0.6 is 23.2 Å². The van der Waals surface area contributed by atoms with Crippen molar-refractivity contribution >= 4 is 51.1 Å². The van der Waals surface area contributed by atoms with E-state index in [1.54, 1.807) is 4.72 Å². The van der Waals surface area contributed by atoms with Gasteiger partial charge in [-0.25, -0.2) is 17.9 Å². The number of aryl methyl sites for hydroxylation is 2. The van der Waals surface area contributed by atoms with Crippen molar-refractivity contribution in [1.82, 2.24) is 34.4 Å². The minimum atomic E-state index is -4.45. The van der Waals surface area contributed by atoms with Gasteiger partial charge in [0.1, 0.15) is 10.6 Å². The van der Waals surface area contributed by atoms with Crippen molar-refractivity contribution in [3.63, 3.8) is 0 Å². The standard InChI is InChI=1S/C12H14Cl2N8O4S/c1-5-7(6(22(4)19-5)8(23)21(2)3)27(25,26)20-12(24)18-11-16-9(13)15-10(14)17-11/h1-4H3,(H2,15,16,17,18,20,24). The largest absolute Gasteiger partial charge is 0.343 e. The highest BCUT2D eigenvalue weighted by molar-refractivity contribution is 7.90. The molecule has 0 aliphatic rings. The third-order valence-electron chi connectivity index (χ3n) is 3.08. The number of urea groups is 1. The summed E-state index contributed by atoms with van der Waals surface area (Å²) in [5.74, 6) is -0.963. The molecular weight excluding hydrogens is 423 g/mol. The molecule has 0 fully saturated rings. The topological polar surface area (TPSA) is 152 Å². The van der Waals surface area contributed by atoms with Gasteiger partial charge in [0.05, 0.1) is 5.69 Å². The van der Waals surface area contributed by atoms with Crippen LogP contribution in [0, 0.1) is 6.92 Å². The second kappa shape index (κ2) is 7.62. The van der Waals surface area contributed by atoms with Gasteiger partial charge < -0.3 is 4.90 Å². The second-order valence-electron chi connectivity index (χ2n) is 5.34. The first-order valence-electron chi connectivity index (χ1n) is 7.08. The highest BCUT2D eigenvalue weighted by Gasteiger charge is 2.32. The van der Waals surface area contributed by atoms with E-state index in [1.807, 2.05) is 0 Å². The van der Waals surface area contributed by atoms with E-state index in [2.05, 4.69) is 25.4 Å². The number of anilines is 1. The fourth-order valence-electron chi connectivity index (χ4n) is 2.09. The van der Waals surface area contributed by atoms with E-state index in [1.165, 1.54) is 33.0 Å². The summed E-state index contributed by atoms with van der Waals surface area (Å²) >= 11 is 11.2. The van der Waals surface area contributed by atoms with E-state index >= 15 is 0 Å². The number of hydrogen-bond donors (Lipinski definition) is 2. The van der Waals surface area contributed by atoms with Crippen LogP contribution in [0.1, 0.15) is 16.2 Å². The molecule has 0 aliphatic carbocycles. The number of nitrogens with one attached hydrogen (secondary N) is 2. The molecule has 3 amide bonds. The summed E-state index contributed by atoms with van der Waals surface area (Å²) in [4.78, 5) is 35.8. The van der Waals surface area contributed by atoms with Crippen molar-refractivity contribution in [2.75, 3.05) is 19.4 Å². The zero-order valence-corrected chi connectivity index (χ0v) is 16.8. The van der Waals surface area contributed by atoms with Gasteiger partial charge in [0.2, 0.25) is 16.5 Å². The molecule has 27 heavy (non-hydrogen) atoms. The lowest BCUT2D eigenvalue weighted by molar-refractivity contribution is 0.0813. The summed E-state index contributed by atoms with van der Waals surface area (Å²) in [6.45, 7) is 1.39. The van der Waals surface area contributed by atoms with Crippen molar-refractivity contribution in [2.24, 2.45) is 7.05 Å². The number of halogens is 2. The summed E-state index contributed by atoms with van der Waals surface area (Å²) in [6.07, 6.45) is 0. The highest BCUT2D eigenvalue weighted by atomic mass is 35.5.